The average molecular weight is 260 g/mol. The number of anilines is 1. The van der Waals surface area contributed by atoms with Crippen LogP contribution in [0.5, 0.6) is 0 Å². The molecular formula is C14H16N2OS. The van der Waals surface area contributed by atoms with E-state index in [1.165, 1.54) is 4.88 Å². The van der Waals surface area contributed by atoms with Crippen LogP contribution in [0, 0.1) is 0 Å². The van der Waals surface area contributed by atoms with Crippen LogP contribution in [0.25, 0.3) is 0 Å². The molecule has 0 aliphatic rings. The largest absolute Gasteiger partial charge is 0.352 e. The Kier molecular flexibility index (Phi) is 3.77. The Morgan fingerprint density at radius 3 is 2.83 bits per heavy atom. The fourth-order valence-corrected chi connectivity index (χ4v) is 2.57. The number of aromatic nitrogens is 1. The smallest absolute Gasteiger partial charge is 0.159 e. The van der Waals surface area contributed by atoms with Gasteiger partial charge in [-0.15, -0.1) is 11.3 Å². The molecule has 0 spiro atoms. The maximum Gasteiger partial charge on any atom is 0.159 e. The number of carbonyl (C=O) groups excluding carboxylic acids is 1. The molecule has 18 heavy (non-hydrogen) atoms. The minimum atomic E-state index is 0.0656. The van der Waals surface area contributed by atoms with Crippen molar-refractivity contribution in [3.05, 3.63) is 46.3 Å². The lowest BCUT2D eigenvalue weighted by Gasteiger charge is -2.25. The first-order valence-corrected chi connectivity index (χ1v) is 6.71. The molecule has 0 radical (unpaired) electrons. The number of thiophene rings is 1. The molecule has 2 aromatic rings. The highest BCUT2D eigenvalue weighted by Crippen LogP contribution is 2.27. The average Bonchev–Trinajstić information content (AvgIpc) is 2.91. The summed E-state index contributed by atoms with van der Waals surface area (Å²) in [5.41, 5.74) is 0.699. The molecule has 0 N–H and O–H groups in total. The molecule has 0 amide bonds. The fourth-order valence-electron chi connectivity index (χ4n) is 1.75. The Morgan fingerprint density at radius 2 is 2.22 bits per heavy atom. The molecule has 3 nitrogen and oxygen atoms in total. The topological polar surface area (TPSA) is 33.2 Å². The number of carbonyl (C=O) groups is 1. The number of hydrogen-bond acceptors (Lipinski definition) is 4. The predicted molar refractivity (Wildman–Crippen MR) is 75.4 cm³/mol. The van der Waals surface area contributed by atoms with Gasteiger partial charge in [-0.2, -0.15) is 0 Å². The van der Waals surface area contributed by atoms with Gasteiger partial charge in [0.25, 0.3) is 0 Å². The first-order valence-electron chi connectivity index (χ1n) is 5.83. The molecule has 0 bridgehead atoms. The van der Waals surface area contributed by atoms with Gasteiger partial charge in [0.1, 0.15) is 5.82 Å². The Bertz CT molecular complexity index is 536. The van der Waals surface area contributed by atoms with Crippen LogP contribution in [-0.4, -0.2) is 17.8 Å². The van der Waals surface area contributed by atoms with Gasteiger partial charge in [0, 0.05) is 23.7 Å². The van der Waals surface area contributed by atoms with Crippen LogP contribution in [0.2, 0.25) is 0 Å². The van der Waals surface area contributed by atoms with Gasteiger partial charge < -0.3 is 4.90 Å². The van der Waals surface area contributed by atoms with E-state index >= 15 is 0 Å². The van der Waals surface area contributed by atoms with Gasteiger partial charge in [-0.25, -0.2) is 4.98 Å². The SMILES string of the molecule is CC(=O)c1ccnc(N(C)C(C)c2cccs2)c1. The first kappa shape index (κ1) is 12.8. The van der Waals surface area contributed by atoms with Gasteiger partial charge in [-0.05, 0) is 37.4 Å². The van der Waals surface area contributed by atoms with Gasteiger partial charge in [0.05, 0.1) is 6.04 Å². The summed E-state index contributed by atoms with van der Waals surface area (Å²) in [5, 5.41) is 2.07. The van der Waals surface area contributed by atoms with Gasteiger partial charge in [-0.1, -0.05) is 6.07 Å². The van der Waals surface area contributed by atoms with Crippen LogP contribution in [0.4, 0.5) is 5.82 Å². The number of nitrogens with zero attached hydrogens (tertiary/aromatic N) is 2. The summed E-state index contributed by atoms with van der Waals surface area (Å²) in [5.74, 6) is 0.888. The molecule has 94 valence electrons. The molecule has 1 unspecified atom stereocenters. The van der Waals surface area contributed by atoms with E-state index in [4.69, 9.17) is 0 Å². The Morgan fingerprint density at radius 1 is 1.44 bits per heavy atom. The number of hydrogen-bond donors (Lipinski definition) is 0. The number of ketones is 1. The third-order valence-corrected chi connectivity index (χ3v) is 4.09. The molecule has 2 heterocycles. The highest BCUT2D eigenvalue weighted by atomic mass is 32.1. The summed E-state index contributed by atoms with van der Waals surface area (Å²) >= 11 is 1.73. The minimum Gasteiger partial charge on any atom is -0.352 e. The zero-order valence-electron chi connectivity index (χ0n) is 10.8. The highest BCUT2D eigenvalue weighted by Gasteiger charge is 2.15. The van der Waals surface area contributed by atoms with E-state index in [2.05, 4.69) is 28.3 Å². The van der Waals surface area contributed by atoms with Crippen molar-refractivity contribution in [3.8, 4) is 0 Å². The third kappa shape index (κ3) is 2.59. The van der Waals surface area contributed by atoms with Crippen molar-refractivity contribution in [2.75, 3.05) is 11.9 Å². The number of rotatable bonds is 4. The van der Waals surface area contributed by atoms with Crippen LogP contribution in [-0.2, 0) is 0 Å². The van der Waals surface area contributed by atoms with Crippen molar-refractivity contribution in [2.24, 2.45) is 0 Å². The van der Waals surface area contributed by atoms with E-state index in [1.807, 2.05) is 19.2 Å². The normalized spacial score (nSPS) is 12.2. The lowest BCUT2D eigenvalue weighted by molar-refractivity contribution is 0.101. The predicted octanol–water partition coefficient (Wildman–Crippen LogP) is 3.54. The van der Waals surface area contributed by atoms with Gasteiger partial charge in [-0.3, -0.25) is 4.79 Å². The molecule has 0 aliphatic heterocycles. The molecule has 0 fully saturated rings. The summed E-state index contributed by atoms with van der Waals surface area (Å²) in [6.45, 7) is 3.70. The molecular weight excluding hydrogens is 244 g/mol. The van der Waals surface area contributed by atoms with E-state index in [1.54, 1.807) is 30.5 Å². The molecule has 0 saturated heterocycles. The lowest BCUT2D eigenvalue weighted by atomic mass is 10.2. The second-order valence-electron chi connectivity index (χ2n) is 4.26. The molecule has 0 saturated carbocycles. The molecule has 0 aromatic carbocycles. The van der Waals surface area contributed by atoms with Crippen LogP contribution in [0.15, 0.2) is 35.8 Å². The quantitative estimate of drug-likeness (QED) is 0.788. The zero-order chi connectivity index (χ0) is 13.1. The maximum absolute atomic E-state index is 11.4. The van der Waals surface area contributed by atoms with Gasteiger partial charge in [0.15, 0.2) is 5.78 Å². The molecule has 2 aromatic heterocycles. The van der Waals surface area contributed by atoms with Crippen molar-refractivity contribution in [1.82, 2.24) is 4.98 Å². The summed E-state index contributed by atoms with van der Waals surface area (Å²) in [6, 6.07) is 7.99. The number of Topliss-reactive ketones (excluding diaryl/α,β-unsaturated/α-hetero) is 1. The lowest BCUT2D eigenvalue weighted by Crippen LogP contribution is -2.22. The summed E-state index contributed by atoms with van der Waals surface area (Å²) < 4.78 is 0. The van der Waals surface area contributed by atoms with E-state index < -0.39 is 0 Å². The summed E-state index contributed by atoms with van der Waals surface area (Å²) in [4.78, 5) is 19.1. The van der Waals surface area contributed by atoms with E-state index in [9.17, 15) is 4.79 Å². The molecule has 2 rings (SSSR count). The second-order valence-corrected chi connectivity index (χ2v) is 5.24. The van der Waals surface area contributed by atoms with Gasteiger partial charge >= 0.3 is 0 Å². The van der Waals surface area contributed by atoms with Crippen molar-refractivity contribution < 1.29 is 4.79 Å². The van der Waals surface area contributed by atoms with Crippen LogP contribution >= 0.6 is 11.3 Å². The van der Waals surface area contributed by atoms with Crippen LogP contribution in [0.3, 0.4) is 0 Å². The first-order chi connectivity index (χ1) is 8.59. The molecule has 0 aliphatic carbocycles. The zero-order valence-corrected chi connectivity index (χ0v) is 11.6. The van der Waals surface area contributed by atoms with E-state index in [0.29, 0.717) is 5.56 Å². The molecule has 4 heteroatoms. The van der Waals surface area contributed by atoms with Crippen molar-refractivity contribution in [3.63, 3.8) is 0 Å². The summed E-state index contributed by atoms with van der Waals surface area (Å²) in [7, 11) is 2.00. The van der Waals surface area contributed by atoms with E-state index in [0.717, 1.165) is 5.82 Å². The highest BCUT2D eigenvalue weighted by molar-refractivity contribution is 7.10. The Balaban J connectivity index is 2.25. The monoisotopic (exact) mass is 260 g/mol. The summed E-state index contributed by atoms with van der Waals surface area (Å²) in [6.07, 6.45) is 1.68. The van der Waals surface area contributed by atoms with Crippen molar-refractivity contribution in [2.45, 2.75) is 19.9 Å². The van der Waals surface area contributed by atoms with Crippen LogP contribution in [0.1, 0.15) is 35.1 Å². The standard InChI is InChI=1S/C14H16N2OS/c1-10(13-5-4-8-18-13)16(3)14-9-12(11(2)17)6-7-15-14/h4-10H,1-3H3. The number of pyridine rings is 1. The van der Waals surface area contributed by atoms with Crippen molar-refractivity contribution >= 4 is 22.9 Å². The van der Waals surface area contributed by atoms with E-state index in [-0.39, 0.29) is 11.8 Å². The van der Waals surface area contributed by atoms with Gasteiger partial charge in [0.2, 0.25) is 0 Å². The second kappa shape index (κ2) is 5.31. The maximum atomic E-state index is 11.4. The Hall–Kier alpha value is -1.68. The van der Waals surface area contributed by atoms with Crippen molar-refractivity contribution in [1.29, 1.82) is 0 Å². The minimum absolute atomic E-state index is 0.0656. The molecule has 1 atom stereocenters. The Labute approximate surface area is 111 Å². The fraction of sp³-hybridized carbons (Fsp3) is 0.286. The van der Waals surface area contributed by atoms with Crippen LogP contribution < -0.4 is 4.90 Å². The third-order valence-electron chi connectivity index (χ3n) is 3.05.